The molecular weight excluding hydrogens is 409 g/mol. The van der Waals surface area contributed by atoms with E-state index in [-0.39, 0.29) is 14.9 Å². The van der Waals surface area contributed by atoms with E-state index in [1.807, 2.05) is 0 Å². The summed E-state index contributed by atoms with van der Waals surface area (Å²) in [5.41, 5.74) is -1.01. The van der Waals surface area contributed by atoms with Crippen LogP contribution in [0.5, 0.6) is 0 Å². The Kier molecular flexibility index (Phi) is 5.27. The van der Waals surface area contributed by atoms with Crippen LogP contribution in [0.15, 0.2) is 23.7 Å². The molecule has 0 saturated carbocycles. The van der Waals surface area contributed by atoms with Crippen LogP contribution in [-0.4, -0.2) is 29.0 Å². The average Bonchev–Trinajstić information content (AvgIpc) is 2.92. The van der Waals surface area contributed by atoms with Crippen LogP contribution >= 0.6 is 22.9 Å². The summed E-state index contributed by atoms with van der Waals surface area (Å²) in [4.78, 5) is 14.5. The number of alkyl halides is 3. The summed E-state index contributed by atoms with van der Waals surface area (Å²) in [5, 5.41) is 8.35. The molecule has 0 unspecified atom stereocenters. The molecular formula is C12H8ClF3N2O5S2. The first-order valence-electron chi connectivity index (χ1n) is 6.19. The molecule has 0 saturated heterocycles. The van der Waals surface area contributed by atoms with E-state index in [1.165, 1.54) is 0 Å². The lowest BCUT2D eigenvalue weighted by atomic mass is 10.1. The number of hydrogen-bond donors (Lipinski definition) is 2. The second kappa shape index (κ2) is 6.78. The van der Waals surface area contributed by atoms with Gasteiger partial charge in [0.1, 0.15) is 5.00 Å². The maximum absolute atomic E-state index is 12.8. The van der Waals surface area contributed by atoms with E-state index < -0.39 is 45.3 Å². The Balaban J connectivity index is 2.53. The Morgan fingerprint density at radius 1 is 1.36 bits per heavy atom. The Morgan fingerprint density at radius 3 is 2.52 bits per heavy atom. The van der Waals surface area contributed by atoms with Gasteiger partial charge in [-0.1, -0.05) is 11.6 Å². The number of carboxylic acid groups (broad SMARTS) is 1. The smallest absolute Gasteiger partial charge is 0.416 e. The summed E-state index contributed by atoms with van der Waals surface area (Å²) in [5.74, 6) is -1.57. The van der Waals surface area contributed by atoms with Gasteiger partial charge in [0, 0.05) is 5.02 Å². The van der Waals surface area contributed by atoms with Gasteiger partial charge in [-0.3, -0.25) is 4.55 Å². The summed E-state index contributed by atoms with van der Waals surface area (Å²) in [6.07, 6.45) is -4.70. The number of carbonyl (C=O) groups is 1. The van der Waals surface area contributed by atoms with Gasteiger partial charge in [-0.2, -0.15) is 21.6 Å². The number of carboxylic acids is 1. The number of aromatic nitrogens is 1. The van der Waals surface area contributed by atoms with E-state index in [1.54, 1.807) is 0 Å². The van der Waals surface area contributed by atoms with Crippen LogP contribution in [0.4, 0.5) is 18.2 Å². The van der Waals surface area contributed by atoms with E-state index in [2.05, 4.69) is 4.98 Å². The minimum Gasteiger partial charge on any atom is -0.476 e. The average molecular weight is 417 g/mol. The molecule has 7 nitrogen and oxygen atoms in total. The Morgan fingerprint density at radius 2 is 2.00 bits per heavy atom. The Bertz CT molecular complexity index is 914. The molecule has 0 bridgehead atoms. The zero-order valence-corrected chi connectivity index (χ0v) is 14.2. The van der Waals surface area contributed by atoms with Crippen molar-refractivity contribution in [1.29, 1.82) is 0 Å². The van der Waals surface area contributed by atoms with E-state index in [0.717, 1.165) is 11.6 Å². The molecule has 136 valence electrons. The van der Waals surface area contributed by atoms with Gasteiger partial charge < -0.3 is 5.11 Å². The molecule has 0 aliphatic carbocycles. The number of aromatic carboxylic acids is 1. The molecule has 2 N–H and O–H groups in total. The highest BCUT2D eigenvalue weighted by molar-refractivity contribution is 7.87. The van der Waals surface area contributed by atoms with Crippen molar-refractivity contribution in [1.82, 2.24) is 4.98 Å². The molecule has 1 aromatic carbocycles. The predicted molar refractivity (Wildman–Crippen MR) is 83.3 cm³/mol. The van der Waals surface area contributed by atoms with Crippen LogP contribution in [-0.2, 0) is 23.0 Å². The summed E-state index contributed by atoms with van der Waals surface area (Å²) >= 11 is 6.38. The lowest BCUT2D eigenvalue weighted by Gasteiger charge is -2.20. The molecule has 0 atom stereocenters. The van der Waals surface area contributed by atoms with Gasteiger partial charge in [0.15, 0.2) is 5.69 Å². The zero-order valence-electron chi connectivity index (χ0n) is 11.9. The molecule has 0 amide bonds. The van der Waals surface area contributed by atoms with Gasteiger partial charge in [0.2, 0.25) is 0 Å². The standard InChI is InChI=1S/C12H8ClF3N2O5S2/c13-8-2-1-7(12(14,15)16)3-6(8)4-18(25(21,22)23)10-9(11(19)20)17-5-24-10/h1-3,5H,4H2,(H,19,20)(H,21,22,23). The van der Waals surface area contributed by atoms with Crippen molar-refractivity contribution in [3.63, 3.8) is 0 Å². The fraction of sp³-hybridized carbons (Fsp3) is 0.167. The molecule has 0 aliphatic heterocycles. The van der Waals surface area contributed by atoms with Crippen molar-refractivity contribution in [2.45, 2.75) is 12.7 Å². The van der Waals surface area contributed by atoms with Crippen LogP contribution in [0.25, 0.3) is 0 Å². The molecule has 1 heterocycles. The normalized spacial score (nSPS) is 12.2. The van der Waals surface area contributed by atoms with Crippen LogP contribution in [0.1, 0.15) is 21.6 Å². The summed E-state index contributed by atoms with van der Waals surface area (Å²) in [6, 6.07) is 2.24. The van der Waals surface area contributed by atoms with Gasteiger partial charge in [-0.05, 0) is 23.8 Å². The Labute approximate surface area is 148 Å². The predicted octanol–water partition coefficient (Wildman–Crippen LogP) is 3.32. The molecule has 0 radical (unpaired) electrons. The summed E-state index contributed by atoms with van der Waals surface area (Å²) < 4.78 is 71.2. The van der Waals surface area contributed by atoms with Crippen molar-refractivity contribution in [3.8, 4) is 0 Å². The highest BCUT2D eigenvalue weighted by atomic mass is 35.5. The number of halogens is 4. The largest absolute Gasteiger partial charge is 0.476 e. The quantitative estimate of drug-likeness (QED) is 0.724. The second-order valence-corrected chi connectivity index (χ2v) is 7.18. The SMILES string of the molecule is O=C(O)c1ncsc1N(Cc1cc(C(F)(F)F)ccc1Cl)S(=O)(=O)O. The molecule has 1 aromatic heterocycles. The lowest BCUT2D eigenvalue weighted by Crippen LogP contribution is -2.30. The molecule has 0 fully saturated rings. The highest BCUT2D eigenvalue weighted by Crippen LogP contribution is 2.34. The molecule has 2 rings (SSSR count). The van der Waals surface area contributed by atoms with Crippen LogP contribution < -0.4 is 4.31 Å². The van der Waals surface area contributed by atoms with Gasteiger partial charge in [-0.25, -0.2) is 14.1 Å². The minimum absolute atomic E-state index is 0.192. The van der Waals surface area contributed by atoms with Gasteiger partial charge in [0.25, 0.3) is 0 Å². The van der Waals surface area contributed by atoms with Gasteiger partial charge in [0.05, 0.1) is 17.6 Å². The van der Waals surface area contributed by atoms with E-state index in [9.17, 15) is 30.9 Å². The van der Waals surface area contributed by atoms with E-state index in [0.29, 0.717) is 23.5 Å². The van der Waals surface area contributed by atoms with Crippen LogP contribution in [0.3, 0.4) is 0 Å². The van der Waals surface area contributed by atoms with Crippen molar-refractivity contribution in [2.75, 3.05) is 4.31 Å². The van der Waals surface area contributed by atoms with Gasteiger partial charge >= 0.3 is 22.4 Å². The highest BCUT2D eigenvalue weighted by Gasteiger charge is 2.32. The Hall–Kier alpha value is -1.89. The minimum atomic E-state index is -5.01. The summed E-state index contributed by atoms with van der Waals surface area (Å²) in [6.45, 7) is -0.815. The second-order valence-electron chi connectivity index (χ2n) is 4.60. The maximum atomic E-state index is 12.8. The monoisotopic (exact) mass is 416 g/mol. The van der Waals surface area contributed by atoms with E-state index in [4.69, 9.17) is 16.7 Å². The van der Waals surface area contributed by atoms with Crippen molar-refractivity contribution < 1.29 is 36.0 Å². The zero-order chi connectivity index (χ0) is 19.0. The number of benzene rings is 1. The molecule has 25 heavy (non-hydrogen) atoms. The van der Waals surface area contributed by atoms with Crippen LogP contribution in [0.2, 0.25) is 5.02 Å². The van der Waals surface area contributed by atoms with Gasteiger partial charge in [-0.15, -0.1) is 11.3 Å². The molecule has 13 heteroatoms. The first-order valence-corrected chi connectivity index (χ1v) is 8.84. The summed E-state index contributed by atoms with van der Waals surface area (Å²) in [7, 11) is -5.01. The van der Waals surface area contributed by atoms with Crippen LogP contribution in [0, 0.1) is 0 Å². The number of thiazole rings is 1. The van der Waals surface area contributed by atoms with Crippen molar-refractivity contribution in [3.05, 3.63) is 45.6 Å². The van der Waals surface area contributed by atoms with Crippen molar-refractivity contribution in [2.24, 2.45) is 0 Å². The molecule has 2 aromatic rings. The van der Waals surface area contributed by atoms with Crippen molar-refractivity contribution >= 4 is 44.2 Å². The fourth-order valence-electron chi connectivity index (χ4n) is 1.85. The first kappa shape index (κ1) is 19.4. The number of nitrogens with zero attached hydrogens (tertiary/aromatic N) is 2. The topological polar surface area (TPSA) is 108 Å². The number of rotatable bonds is 5. The third kappa shape index (κ3) is 4.39. The fourth-order valence-corrected chi connectivity index (χ4v) is 3.73. The third-order valence-electron chi connectivity index (χ3n) is 2.94. The number of hydrogen-bond acceptors (Lipinski definition) is 5. The third-order valence-corrected chi connectivity index (χ3v) is 5.14. The molecule has 0 spiro atoms. The number of anilines is 1. The lowest BCUT2D eigenvalue weighted by molar-refractivity contribution is -0.137. The maximum Gasteiger partial charge on any atom is 0.416 e. The molecule has 0 aliphatic rings. The van der Waals surface area contributed by atoms with E-state index >= 15 is 0 Å². The first-order chi connectivity index (χ1) is 11.4.